The number of hydrogen-bond donors (Lipinski definition) is 1. The number of rotatable bonds is 4. The smallest absolute Gasteiger partial charge is 0.0628 e. The number of terminal acetylenes is 1. The molecule has 0 spiro atoms. The van der Waals surface area contributed by atoms with Gasteiger partial charge in [0.25, 0.3) is 0 Å². The highest BCUT2D eigenvalue weighted by atomic mass is 79.9. The molecule has 1 atom stereocenters. The Morgan fingerprint density at radius 3 is 2.87 bits per heavy atom. The first-order valence-electron chi connectivity index (χ1n) is 4.69. The van der Waals surface area contributed by atoms with Crippen LogP contribution in [-0.4, -0.2) is 30.2 Å². The Morgan fingerprint density at radius 1 is 1.60 bits per heavy atom. The largest absolute Gasteiger partial charge is 0.394 e. The van der Waals surface area contributed by atoms with Gasteiger partial charge in [-0.3, -0.25) is 4.90 Å². The maximum absolute atomic E-state index is 9.34. The van der Waals surface area contributed by atoms with Gasteiger partial charge in [-0.2, -0.15) is 0 Å². The van der Waals surface area contributed by atoms with Gasteiger partial charge in [0.1, 0.15) is 0 Å². The Balaban J connectivity index is 2.88. The molecule has 0 aliphatic heterocycles. The van der Waals surface area contributed by atoms with Crippen molar-refractivity contribution in [3.05, 3.63) is 34.3 Å². The Kier molecular flexibility index (Phi) is 4.83. The normalized spacial score (nSPS) is 12.5. The zero-order valence-corrected chi connectivity index (χ0v) is 10.2. The molecule has 0 bridgehead atoms. The van der Waals surface area contributed by atoms with Gasteiger partial charge in [-0.1, -0.05) is 34.0 Å². The number of likely N-dealkylation sites (N-methyl/N-ethyl adjacent to an activating group) is 1. The van der Waals surface area contributed by atoms with Crippen LogP contribution in [0.2, 0.25) is 0 Å². The lowest BCUT2D eigenvalue weighted by molar-refractivity contribution is 0.160. The average Bonchev–Trinajstić information content (AvgIpc) is 2.19. The second-order valence-electron chi connectivity index (χ2n) is 3.37. The summed E-state index contributed by atoms with van der Waals surface area (Å²) in [5.41, 5.74) is 1.06. The van der Waals surface area contributed by atoms with E-state index >= 15 is 0 Å². The second-order valence-corrected chi connectivity index (χ2v) is 4.29. The van der Waals surface area contributed by atoms with Crippen LogP contribution in [0.3, 0.4) is 0 Å². The molecular weight excluding hydrogens is 254 g/mol. The summed E-state index contributed by atoms with van der Waals surface area (Å²) < 4.78 is 1.01. The number of aliphatic hydroxyl groups excluding tert-OH is 1. The van der Waals surface area contributed by atoms with E-state index in [4.69, 9.17) is 6.42 Å². The zero-order chi connectivity index (χ0) is 11.3. The van der Waals surface area contributed by atoms with E-state index in [2.05, 4.69) is 21.9 Å². The lowest BCUT2D eigenvalue weighted by Gasteiger charge is -2.24. The molecule has 1 aromatic carbocycles. The molecular formula is C12H14BrNO. The van der Waals surface area contributed by atoms with Gasteiger partial charge in [0, 0.05) is 4.47 Å². The average molecular weight is 268 g/mol. The molecule has 80 valence electrons. The van der Waals surface area contributed by atoms with Gasteiger partial charge in [-0.05, 0) is 24.7 Å². The first-order chi connectivity index (χ1) is 7.19. The summed E-state index contributed by atoms with van der Waals surface area (Å²) in [6, 6.07) is 7.84. The molecule has 0 aromatic heterocycles. The van der Waals surface area contributed by atoms with E-state index in [1.807, 2.05) is 36.2 Å². The Bertz CT molecular complexity index is 359. The fourth-order valence-corrected chi connectivity index (χ4v) is 1.88. The summed E-state index contributed by atoms with van der Waals surface area (Å²) in [5, 5.41) is 9.34. The maximum atomic E-state index is 9.34. The standard InChI is InChI=1S/C12H14BrNO/c1-3-7-14(2)12(9-15)10-5-4-6-11(13)8-10/h1,4-6,8,12,15H,7,9H2,2H3/t12-/m0/s1. The number of benzene rings is 1. The number of hydrogen-bond acceptors (Lipinski definition) is 2. The van der Waals surface area contributed by atoms with Crippen molar-refractivity contribution < 1.29 is 5.11 Å². The van der Waals surface area contributed by atoms with Crippen LogP contribution < -0.4 is 0 Å². The summed E-state index contributed by atoms with van der Waals surface area (Å²) in [7, 11) is 1.90. The van der Waals surface area contributed by atoms with Gasteiger partial charge in [-0.25, -0.2) is 0 Å². The van der Waals surface area contributed by atoms with Crippen LogP contribution in [0.15, 0.2) is 28.7 Å². The van der Waals surface area contributed by atoms with E-state index in [1.165, 1.54) is 0 Å². The lowest BCUT2D eigenvalue weighted by Crippen LogP contribution is -2.27. The van der Waals surface area contributed by atoms with Gasteiger partial charge in [-0.15, -0.1) is 6.42 Å². The SMILES string of the molecule is C#CCN(C)[C@@H](CO)c1cccc(Br)c1. The zero-order valence-electron chi connectivity index (χ0n) is 8.65. The minimum absolute atomic E-state index is 0.0430. The Morgan fingerprint density at radius 2 is 2.33 bits per heavy atom. The topological polar surface area (TPSA) is 23.5 Å². The van der Waals surface area contributed by atoms with Crippen molar-refractivity contribution in [3.63, 3.8) is 0 Å². The first-order valence-corrected chi connectivity index (χ1v) is 5.48. The van der Waals surface area contributed by atoms with Gasteiger partial charge in [0.2, 0.25) is 0 Å². The van der Waals surface area contributed by atoms with Gasteiger partial charge in [0.05, 0.1) is 19.2 Å². The van der Waals surface area contributed by atoms with Crippen molar-refractivity contribution in [2.45, 2.75) is 6.04 Å². The van der Waals surface area contributed by atoms with E-state index in [0.717, 1.165) is 10.0 Å². The van der Waals surface area contributed by atoms with Crippen LogP contribution in [-0.2, 0) is 0 Å². The minimum Gasteiger partial charge on any atom is -0.394 e. The molecule has 1 N–H and O–H groups in total. The third kappa shape index (κ3) is 3.35. The van der Waals surface area contributed by atoms with Gasteiger partial charge >= 0.3 is 0 Å². The first kappa shape index (κ1) is 12.3. The van der Waals surface area contributed by atoms with Gasteiger partial charge < -0.3 is 5.11 Å². The number of nitrogens with zero attached hydrogens (tertiary/aromatic N) is 1. The number of aliphatic hydroxyl groups is 1. The predicted molar refractivity (Wildman–Crippen MR) is 65.4 cm³/mol. The molecule has 0 unspecified atom stereocenters. The molecule has 15 heavy (non-hydrogen) atoms. The summed E-state index contributed by atoms with van der Waals surface area (Å²) in [6.45, 7) is 0.590. The van der Waals surface area contributed by atoms with Crippen molar-refractivity contribution in [1.82, 2.24) is 4.90 Å². The van der Waals surface area contributed by atoms with Crippen molar-refractivity contribution in [2.75, 3.05) is 20.2 Å². The maximum Gasteiger partial charge on any atom is 0.0628 e. The molecule has 0 heterocycles. The molecule has 0 radical (unpaired) electrons. The molecule has 0 amide bonds. The van der Waals surface area contributed by atoms with Crippen molar-refractivity contribution >= 4 is 15.9 Å². The summed E-state index contributed by atoms with van der Waals surface area (Å²) >= 11 is 3.41. The predicted octanol–water partition coefficient (Wildman–Crippen LogP) is 2.05. The highest BCUT2D eigenvalue weighted by molar-refractivity contribution is 9.10. The van der Waals surface area contributed by atoms with E-state index in [1.54, 1.807) is 0 Å². The van der Waals surface area contributed by atoms with Gasteiger partial charge in [0.15, 0.2) is 0 Å². The molecule has 0 fully saturated rings. The molecule has 2 nitrogen and oxygen atoms in total. The van der Waals surface area contributed by atoms with E-state index in [9.17, 15) is 5.11 Å². The van der Waals surface area contributed by atoms with E-state index in [0.29, 0.717) is 6.54 Å². The lowest BCUT2D eigenvalue weighted by atomic mass is 10.1. The number of halogens is 1. The van der Waals surface area contributed by atoms with Crippen LogP contribution in [0.5, 0.6) is 0 Å². The van der Waals surface area contributed by atoms with E-state index in [-0.39, 0.29) is 12.6 Å². The molecule has 1 rings (SSSR count). The Labute approximate surface area is 99.0 Å². The van der Waals surface area contributed by atoms with Crippen LogP contribution in [0.1, 0.15) is 11.6 Å². The fraction of sp³-hybridized carbons (Fsp3) is 0.333. The van der Waals surface area contributed by atoms with E-state index < -0.39 is 0 Å². The second kappa shape index (κ2) is 5.92. The van der Waals surface area contributed by atoms with Crippen molar-refractivity contribution in [2.24, 2.45) is 0 Å². The molecule has 0 aliphatic carbocycles. The van der Waals surface area contributed by atoms with Crippen molar-refractivity contribution in [1.29, 1.82) is 0 Å². The Hall–Kier alpha value is -0.820. The fourth-order valence-electron chi connectivity index (χ4n) is 1.47. The molecule has 3 heteroatoms. The summed E-state index contributed by atoms with van der Waals surface area (Å²) in [4.78, 5) is 1.95. The minimum atomic E-state index is -0.0430. The monoisotopic (exact) mass is 267 g/mol. The third-order valence-electron chi connectivity index (χ3n) is 2.28. The van der Waals surface area contributed by atoms with Crippen LogP contribution in [0.25, 0.3) is 0 Å². The molecule has 0 saturated carbocycles. The summed E-state index contributed by atoms with van der Waals surface area (Å²) in [5.74, 6) is 2.57. The molecule has 1 aromatic rings. The van der Waals surface area contributed by atoms with Crippen molar-refractivity contribution in [3.8, 4) is 12.3 Å². The van der Waals surface area contributed by atoms with Crippen LogP contribution >= 0.6 is 15.9 Å². The third-order valence-corrected chi connectivity index (χ3v) is 2.77. The highest BCUT2D eigenvalue weighted by Gasteiger charge is 2.14. The quantitative estimate of drug-likeness (QED) is 0.845. The molecule has 0 aliphatic rings. The highest BCUT2D eigenvalue weighted by Crippen LogP contribution is 2.21. The van der Waals surface area contributed by atoms with Crippen LogP contribution in [0.4, 0.5) is 0 Å². The summed E-state index contributed by atoms with van der Waals surface area (Å²) in [6.07, 6.45) is 5.25. The van der Waals surface area contributed by atoms with Crippen LogP contribution in [0, 0.1) is 12.3 Å². The molecule has 0 saturated heterocycles.